The summed E-state index contributed by atoms with van der Waals surface area (Å²) < 4.78 is 39.8. The molecule has 5 nitrogen and oxygen atoms in total. The normalized spacial score (nSPS) is 17.8. The summed E-state index contributed by atoms with van der Waals surface area (Å²) in [5.41, 5.74) is 3.25. The van der Waals surface area contributed by atoms with Gasteiger partial charge in [0.05, 0.1) is 25.4 Å². The average molecular weight is 504 g/mol. The molecule has 0 spiro atoms. The fraction of sp³-hybridized carbons (Fsp3) is 0.552. The molecule has 36 heavy (non-hydrogen) atoms. The molecule has 0 unspecified atom stereocenters. The number of halogens is 2. The maximum absolute atomic E-state index is 14.9. The van der Waals surface area contributed by atoms with Crippen LogP contribution in [0.1, 0.15) is 67.0 Å². The first-order valence-corrected chi connectivity index (χ1v) is 12.9. The van der Waals surface area contributed by atoms with Crippen molar-refractivity contribution >= 4 is 5.97 Å². The van der Waals surface area contributed by atoms with Crippen molar-refractivity contribution in [3.63, 3.8) is 0 Å². The number of ether oxygens (including phenoxy) is 2. The van der Waals surface area contributed by atoms with Gasteiger partial charge in [0.1, 0.15) is 11.6 Å². The molecule has 3 atom stereocenters. The van der Waals surface area contributed by atoms with Crippen LogP contribution in [0.25, 0.3) is 0 Å². The smallest absolute Gasteiger partial charge is 0.306 e. The minimum absolute atomic E-state index is 0.0950. The number of aliphatic hydroxyl groups excluding tert-OH is 1. The van der Waals surface area contributed by atoms with Crippen molar-refractivity contribution in [3.8, 4) is 0 Å². The highest BCUT2D eigenvalue weighted by Gasteiger charge is 2.27. The Labute approximate surface area is 213 Å². The van der Waals surface area contributed by atoms with E-state index in [1.807, 2.05) is 25.1 Å². The van der Waals surface area contributed by atoms with Gasteiger partial charge in [0.2, 0.25) is 0 Å². The van der Waals surface area contributed by atoms with Crippen LogP contribution in [0.4, 0.5) is 8.78 Å². The molecule has 0 amide bonds. The number of aliphatic hydroxyl groups is 1. The number of nitrogens with zero attached hydrogens (tertiary/aromatic N) is 1. The Kier molecular flexibility index (Phi) is 10.4. The summed E-state index contributed by atoms with van der Waals surface area (Å²) in [5, 5.41) is 10.7. The Morgan fingerprint density at radius 3 is 2.67 bits per heavy atom. The lowest BCUT2D eigenvalue weighted by atomic mass is 9.96. The summed E-state index contributed by atoms with van der Waals surface area (Å²) in [6.45, 7) is 8.76. The van der Waals surface area contributed by atoms with E-state index < -0.39 is 12.2 Å². The zero-order valence-corrected chi connectivity index (χ0v) is 21.9. The second kappa shape index (κ2) is 13.3. The van der Waals surface area contributed by atoms with Crippen LogP contribution in [0.3, 0.4) is 0 Å². The van der Waals surface area contributed by atoms with Gasteiger partial charge in [0.25, 0.3) is 0 Å². The van der Waals surface area contributed by atoms with Crippen LogP contribution in [0.2, 0.25) is 0 Å². The van der Waals surface area contributed by atoms with Crippen molar-refractivity contribution in [1.29, 1.82) is 0 Å². The molecule has 0 saturated carbocycles. The summed E-state index contributed by atoms with van der Waals surface area (Å²) in [6.07, 6.45) is 1.96. The van der Waals surface area contributed by atoms with Gasteiger partial charge in [-0.15, -0.1) is 0 Å². The Hall–Kier alpha value is -2.35. The van der Waals surface area contributed by atoms with Crippen LogP contribution in [-0.2, 0) is 27.1 Å². The summed E-state index contributed by atoms with van der Waals surface area (Å²) in [4.78, 5) is 14.1. The van der Waals surface area contributed by atoms with E-state index in [0.717, 1.165) is 31.4 Å². The first-order chi connectivity index (χ1) is 17.2. The van der Waals surface area contributed by atoms with Crippen molar-refractivity contribution in [2.45, 2.75) is 78.0 Å². The molecule has 2 aromatic carbocycles. The Balaban J connectivity index is 1.56. The molecule has 2 aromatic rings. The monoisotopic (exact) mass is 503 g/mol. The van der Waals surface area contributed by atoms with Crippen molar-refractivity contribution in [1.82, 2.24) is 4.90 Å². The number of hydrogen-bond donors (Lipinski definition) is 1. The molecule has 1 aliphatic rings. The Morgan fingerprint density at radius 2 is 1.94 bits per heavy atom. The topological polar surface area (TPSA) is 59.0 Å². The van der Waals surface area contributed by atoms with Crippen LogP contribution < -0.4 is 0 Å². The van der Waals surface area contributed by atoms with E-state index in [4.69, 9.17) is 9.47 Å². The lowest BCUT2D eigenvalue weighted by molar-refractivity contribution is -0.143. The van der Waals surface area contributed by atoms with Gasteiger partial charge in [-0.05, 0) is 93.8 Å². The molecular weight excluding hydrogens is 464 g/mol. The van der Waals surface area contributed by atoms with E-state index in [-0.39, 0.29) is 43.1 Å². The molecule has 198 valence electrons. The third-order valence-corrected chi connectivity index (χ3v) is 6.99. The fourth-order valence-electron chi connectivity index (χ4n) is 4.92. The van der Waals surface area contributed by atoms with E-state index in [9.17, 15) is 18.7 Å². The average Bonchev–Trinajstić information content (AvgIpc) is 3.27. The molecular formula is C29H39F2NO4. The van der Waals surface area contributed by atoms with Gasteiger partial charge in [-0.2, -0.15) is 0 Å². The van der Waals surface area contributed by atoms with Gasteiger partial charge in [-0.1, -0.05) is 24.3 Å². The quantitative estimate of drug-likeness (QED) is 0.403. The van der Waals surface area contributed by atoms with Gasteiger partial charge in [-0.3, -0.25) is 9.69 Å². The van der Waals surface area contributed by atoms with Crippen LogP contribution in [0.15, 0.2) is 30.3 Å². The summed E-state index contributed by atoms with van der Waals surface area (Å²) in [6, 6.07) is 9.16. The SMILES string of the molecule is CCOC(=O)CCc1c([C@@H](C)OC[C@H](O)CN2CCC[C@H]2Cc2ccc(C)c(F)c2)ccc(C)c1F. The van der Waals surface area contributed by atoms with Gasteiger partial charge < -0.3 is 14.6 Å². The van der Waals surface area contributed by atoms with Gasteiger partial charge >= 0.3 is 5.97 Å². The maximum atomic E-state index is 14.9. The number of carbonyl (C=O) groups excluding carboxylic acids is 1. The molecule has 1 N–H and O–H groups in total. The summed E-state index contributed by atoms with van der Waals surface area (Å²) in [5.74, 6) is -0.879. The zero-order valence-electron chi connectivity index (χ0n) is 21.9. The molecule has 1 fully saturated rings. The molecule has 0 aliphatic carbocycles. The molecule has 0 aromatic heterocycles. The maximum Gasteiger partial charge on any atom is 0.306 e. The van der Waals surface area contributed by atoms with Crippen molar-refractivity contribution < 1.29 is 28.2 Å². The molecule has 1 saturated heterocycles. The fourth-order valence-corrected chi connectivity index (χ4v) is 4.92. The highest BCUT2D eigenvalue weighted by Crippen LogP contribution is 2.28. The largest absolute Gasteiger partial charge is 0.466 e. The predicted octanol–water partition coefficient (Wildman–Crippen LogP) is 5.22. The number of aryl methyl sites for hydroxylation is 2. The number of esters is 1. The summed E-state index contributed by atoms with van der Waals surface area (Å²) in [7, 11) is 0. The van der Waals surface area contributed by atoms with Crippen molar-refractivity contribution in [2.24, 2.45) is 0 Å². The predicted molar refractivity (Wildman–Crippen MR) is 136 cm³/mol. The van der Waals surface area contributed by atoms with Crippen molar-refractivity contribution in [3.05, 3.63) is 69.8 Å². The molecule has 0 bridgehead atoms. The third-order valence-electron chi connectivity index (χ3n) is 6.99. The van der Waals surface area contributed by atoms with E-state index in [0.29, 0.717) is 35.4 Å². The van der Waals surface area contributed by atoms with Gasteiger partial charge in [0, 0.05) is 19.0 Å². The first kappa shape index (κ1) is 28.2. The van der Waals surface area contributed by atoms with E-state index in [1.54, 1.807) is 32.9 Å². The Bertz CT molecular complexity index is 1030. The van der Waals surface area contributed by atoms with Crippen LogP contribution in [0.5, 0.6) is 0 Å². The van der Waals surface area contributed by atoms with Crippen molar-refractivity contribution in [2.75, 3.05) is 26.3 Å². The number of benzene rings is 2. The third kappa shape index (κ3) is 7.58. The van der Waals surface area contributed by atoms with Crippen LogP contribution >= 0.6 is 0 Å². The number of hydrogen-bond acceptors (Lipinski definition) is 5. The molecule has 1 aliphatic heterocycles. The number of carbonyl (C=O) groups is 1. The van der Waals surface area contributed by atoms with E-state index >= 15 is 0 Å². The number of likely N-dealkylation sites (tertiary alicyclic amines) is 1. The van der Waals surface area contributed by atoms with E-state index in [1.165, 1.54) is 0 Å². The number of β-amino-alcohol motifs (C(OH)–C–C–N with tert-alkyl or cyclic N) is 1. The van der Waals surface area contributed by atoms with E-state index in [2.05, 4.69) is 4.90 Å². The first-order valence-electron chi connectivity index (χ1n) is 12.9. The number of rotatable bonds is 12. The minimum atomic E-state index is -0.707. The molecule has 0 radical (unpaired) electrons. The standard InChI is InChI=1S/C29H39F2NO4/c1-5-35-28(34)13-12-26-25(11-9-20(3)29(26)31)21(4)36-18-24(33)17-32-14-6-7-23(32)15-22-10-8-19(2)27(30)16-22/h8-11,16,21,23-24,33H,5-7,12-15,17-18H2,1-4H3/t21-,23+,24-/m1/s1. The van der Waals surface area contributed by atoms with Crippen LogP contribution in [0, 0.1) is 25.5 Å². The molecule has 1 heterocycles. The zero-order chi connectivity index (χ0) is 26.2. The molecule has 3 rings (SSSR count). The van der Waals surface area contributed by atoms with Gasteiger partial charge in [-0.25, -0.2) is 8.78 Å². The van der Waals surface area contributed by atoms with Crippen LogP contribution in [-0.4, -0.2) is 54.4 Å². The Morgan fingerprint density at radius 1 is 1.19 bits per heavy atom. The lowest BCUT2D eigenvalue weighted by Gasteiger charge is -2.28. The lowest BCUT2D eigenvalue weighted by Crippen LogP contribution is -2.39. The minimum Gasteiger partial charge on any atom is -0.466 e. The highest BCUT2D eigenvalue weighted by atomic mass is 19.1. The summed E-state index contributed by atoms with van der Waals surface area (Å²) >= 11 is 0. The second-order valence-corrected chi connectivity index (χ2v) is 9.78. The highest BCUT2D eigenvalue weighted by molar-refractivity contribution is 5.69. The molecule has 7 heteroatoms. The second-order valence-electron chi connectivity index (χ2n) is 9.78. The van der Waals surface area contributed by atoms with Gasteiger partial charge in [0.15, 0.2) is 0 Å².